The number of hydrogen-bond acceptors (Lipinski definition) is 3. The van der Waals surface area contributed by atoms with E-state index in [1.165, 1.54) is 27.8 Å². The minimum atomic E-state index is 0.604. The van der Waals surface area contributed by atoms with E-state index in [4.69, 9.17) is 4.74 Å². The van der Waals surface area contributed by atoms with Crippen molar-refractivity contribution in [1.29, 1.82) is 0 Å². The summed E-state index contributed by atoms with van der Waals surface area (Å²) in [7, 11) is 0. The number of nitrogens with zero attached hydrogens (tertiary/aromatic N) is 2. The molecule has 1 aliphatic rings. The summed E-state index contributed by atoms with van der Waals surface area (Å²) in [5.74, 6) is 0.657. The summed E-state index contributed by atoms with van der Waals surface area (Å²) in [5, 5.41) is 0.958. The third-order valence-electron chi connectivity index (χ3n) is 4.99. The lowest BCUT2D eigenvalue weighted by Gasteiger charge is -2.09. The summed E-state index contributed by atoms with van der Waals surface area (Å²) in [6.07, 6.45) is 3.45. The Kier molecular flexibility index (Phi) is 3.64. The predicted molar refractivity (Wildman–Crippen MR) is 103 cm³/mol. The minimum Gasteiger partial charge on any atom is -0.477 e. The molecule has 126 valence electrons. The SMILES string of the molecule is c1ccc2c(c1)Cc1cc(CCOc3ncnc4ccccc34)ccc1-2. The molecule has 4 aromatic rings. The summed E-state index contributed by atoms with van der Waals surface area (Å²) in [6.45, 7) is 0.604. The Morgan fingerprint density at radius 1 is 0.808 bits per heavy atom. The largest absolute Gasteiger partial charge is 0.477 e. The molecule has 26 heavy (non-hydrogen) atoms. The fourth-order valence-electron chi connectivity index (χ4n) is 3.71. The highest BCUT2D eigenvalue weighted by atomic mass is 16.5. The molecule has 1 aromatic heterocycles. The molecule has 0 amide bonds. The molecule has 0 aliphatic heterocycles. The molecule has 0 fully saturated rings. The maximum atomic E-state index is 5.95. The van der Waals surface area contributed by atoms with Crippen LogP contribution in [0.25, 0.3) is 22.0 Å². The second-order valence-corrected chi connectivity index (χ2v) is 6.62. The van der Waals surface area contributed by atoms with E-state index >= 15 is 0 Å². The molecule has 3 heteroatoms. The molecule has 3 nitrogen and oxygen atoms in total. The van der Waals surface area contributed by atoms with Crippen molar-refractivity contribution < 1.29 is 4.74 Å². The van der Waals surface area contributed by atoms with Crippen molar-refractivity contribution in [3.63, 3.8) is 0 Å². The molecule has 5 rings (SSSR count). The van der Waals surface area contributed by atoms with E-state index in [-0.39, 0.29) is 0 Å². The van der Waals surface area contributed by atoms with Crippen LogP contribution in [0.4, 0.5) is 0 Å². The number of benzene rings is 3. The van der Waals surface area contributed by atoms with E-state index in [1.807, 2.05) is 24.3 Å². The van der Waals surface area contributed by atoms with Gasteiger partial charge in [0.25, 0.3) is 0 Å². The van der Waals surface area contributed by atoms with Crippen molar-refractivity contribution in [3.8, 4) is 17.0 Å². The predicted octanol–water partition coefficient (Wildman–Crippen LogP) is 4.82. The number of fused-ring (bicyclic) bond motifs is 4. The Morgan fingerprint density at radius 2 is 1.65 bits per heavy atom. The van der Waals surface area contributed by atoms with Gasteiger partial charge in [0.1, 0.15) is 6.33 Å². The van der Waals surface area contributed by atoms with Crippen LogP contribution in [0.5, 0.6) is 5.88 Å². The van der Waals surface area contributed by atoms with Gasteiger partial charge in [0.2, 0.25) is 5.88 Å². The van der Waals surface area contributed by atoms with Crippen LogP contribution in [0.15, 0.2) is 73.1 Å². The highest BCUT2D eigenvalue weighted by Crippen LogP contribution is 2.36. The van der Waals surface area contributed by atoms with Crippen LogP contribution in [0.3, 0.4) is 0 Å². The smallest absolute Gasteiger partial charge is 0.224 e. The second kappa shape index (κ2) is 6.26. The van der Waals surface area contributed by atoms with Gasteiger partial charge in [0, 0.05) is 6.42 Å². The van der Waals surface area contributed by atoms with Crippen LogP contribution in [0.1, 0.15) is 16.7 Å². The van der Waals surface area contributed by atoms with Crippen LogP contribution < -0.4 is 4.74 Å². The molecule has 0 bridgehead atoms. The molecule has 1 aliphatic carbocycles. The Bertz CT molecular complexity index is 1100. The fourth-order valence-corrected chi connectivity index (χ4v) is 3.71. The molecule has 0 N–H and O–H groups in total. The third-order valence-corrected chi connectivity index (χ3v) is 4.99. The maximum Gasteiger partial charge on any atom is 0.224 e. The number of rotatable bonds is 4. The normalized spacial score (nSPS) is 12.0. The lowest BCUT2D eigenvalue weighted by molar-refractivity contribution is 0.313. The molecule has 0 saturated carbocycles. The fraction of sp³-hybridized carbons (Fsp3) is 0.130. The maximum absolute atomic E-state index is 5.95. The topological polar surface area (TPSA) is 35.0 Å². The first kappa shape index (κ1) is 15.1. The highest BCUT2D eigenvalue weighted by Gasteiger charge is 2.17. The average Bonchev–Trinajstić information content (AvgIpc) is 3.06. The van der Waals surface area contributed by atoms with Gasteiger partial charge in [-0.05, 0) is 46.4 Å². The van der Waals surface area contributed by atoms with Gasteiger partial charge in [0.15, 0.2) is 0 Å². The number of para-hydroxylation sites is 1. The first-order chi connectivity index (χ1) is 12.9. The minimum absolute atomic E-state index is 0.604. The standard InChI is InChI=1S/C23H18N2O/c1-2-6-19-17(5-1)14-18-13-16(9-10-20(18)19)11-12-26-23-21-7-3-4-8-22(21)24-15-25-23/h1-10,13,15H,11-12,14H2. The number of aromatic nitrogens is 2. The first-order valence-electron chi connectivity index (χ1n) is 8.91. The molecule has 0 unspecified atom stereocenters. The molecule has 0 saturated heterocycles. The summed E-state index contributed by atoms with van der Waals surface area (Å²) in [6, 6.07) is 23.4. The zero-order chi connectivity index (χ0) is 17.3. The summed E-state index contributed by atoms with van der Waals surface area (Å²) >= 11 is 0. The van der Waals surface area contributed by atoms with Gasteiger partial charge in [-0.2, -0.15) is 0 Å². The Morgan fingerprint density at radius 3 is 2.65 bits per heavy atom. The Balaban J connectivity index is 1.32. The zero-order valence-corrected chi connectivity index (χ0v) is 14.4. The second-order valence-electron chi connectivity index (χ2n) is 6.62. The van der Waals surface area contributed by atoms with Crippen molar-refractivity contribution in [2.75, 3.05) is 6.61 Å². The quantitative estimate of drug-likeness (QED) is 0.471. The third kappa shape index (κ3) is 2.62. The Hall–Kier alpha value is -3.20. The molecule has 0 atom stereocenters. The molecule has 0 radical (unpaired) electrons. The molecular formula is C23H18N2O. The van der Waals surface area contributed by atoms with Crippen molar-refractivity contribution in [3.05, 3.63) is 89.7 Å². The zero-order valence-electron chi connectivity index (χ0n) is 14.4. The molecule has 1 heterocycles. The van der Waals surface area contributed by atoms with Crippen molar-refractivity contribution >= 4 is 10.9 Å². The van der Waals surface area contributed by atoms with E-state index in [2.05, 4.69) is 52.4 Å². The Labute approximate surface area is 152 Å². The van der Waals surface area contributed by atoms with Gasteiger partial charge in [-0.1, -0.05) is 54.6 Å². The summed E-state index contributed by atoms with van der Waals surface area (Å²) in [4.78, 5) is 8.57. The van der Waals surface area contributed by atoms with Crippen LogP contribution in [-0.4, -0.2) is 16.6 Å². The van der Waals surface area contributed by atoms with E-state index in [0.29, 0.717) is 12.5 Å². The van der Waals surface area contributed by atoms with Gasteiger partial charge in [-0.15, -0.1) is 0 Å². The van der Waals surface area contributed by atoms with E-state index in [0.717, 1.165) is 23.7 Å². The molecule has 0 spiro atoms. The van der Waals surface area contributed by atoms with Crippen LogP contribution in [0.2, 0.25) is 0 Å². The average molecular weight is 338 g/mol. The van der Waals surface area contributed by atoms with E-state index in [9.17, 15) is 0 Å². The van der Waals surface area contributed by atoms with Crippen molar-refractivity contribution in [2.45, 2.75) is 12.8 Å². The van der Waals surface area contributed by atoms with Gasteiger partial charge >= 0.3 is 0 Å². The lowest BCUT2D eigenvalue weighted by Crippen LogP contribution is -2.04. The number of ether oxygens (including phenoxy) is 1. The van der Waals surface area contributed by atoms with Gasteiger partial charge in [0.05, 0.1) is 17.5 Å². The highest BCUT2D eigenvalue weighted by molar-refractivity contribution is 5.83. The summed E-state index contributed by atoms with van der Waals surface area (Å²) < 4.78 is 5.95. The van der Waals surface area contributed by atoms with Crippen molar-refractivity contribution in [2.24, 2.45) is 0 Å². The summed E-state index contributed by atoms with van der Waals surface area (Å²) in [5.41, 5.74) is 7.78. The van der Waals surface area contributed by atoms with Gasteiger partial charge in [-0.25, -0.2) is 9.97 Å². The lowest BCUT2D eigenvalue weighted by atomic mass is 10.0. The van der Waals surface area contributed by atoms with E-state index in [1.54, 1.807) is 6.33 Å². The monoisotopic (exact) mass is 338 g/mol. The van der Waals surface area contributed by atoms with Crippen LogP contribution in [-0.2, 0) is 12.8 Å². The van der Waals surface area contributed by atoms with Gasteiger partial charge in [-0.3, -0.25) is 0 Å². The van der Waals surface area contributed by atoms with Gasteiger partial charge < -0.3 is 4.74 Å². The van der Waals surface area contributed by atoms with Crippen LogP contribution >= 0.6 is 0 Å². The molecular weight excluding hydrogens is 320 g/mol. The van der Waals surface area contributed by atoms with Crippen LogP contribution in [0, 0.1) is 0 Å². The molecule has 3 aromatic carbocycles. The van der Waals surface area contributed by atoms with E-state index < -0.39 is 0 Å². The first-order valence-corrected chi connectivity index (χ1v) is 8.91. The number of hydrogen-bond donors (Lipinski definition) is 0. The van der Waals surface area contributed by atoms with Crippen molar-refractivity contribution in [1.82, 2.24) is 9.97 Å².